The number of aryl methyl sites for hydroxylation is 1. The topological polar surface area (TPSA) is 35.2 Å². The average Bonchev–Trinajstić information content (AvgIpc) is 3.21. The molecule has 0 radical (unpaired) electrons. The van der Waals surface area contributed by atoms with E-state index in [4.69, 9.17) is 4.98 Å². The lowest BCUT2D eigenvalue weighted by Gasteiger charge is -2.32. The largest absolute Gasteiger partial charge is 0.360 e. The summed E-state index contributed by atoms with van der Waals surface area (Å²) in [5.41, 5.74) is 4.91. The van der Waals surface area contributed by atoms with Crippen LogP contribution in [0.1, 0.15) is 12.5 Å². The van der Waals surface area contributed by atoms with Gasteiger partial charge in [0, 0.05) is 54.2 Å². The molecule has 3 heterocycles. The van der Waals surface area contributed by atoms with Crippen molar-refractivity contribution < 1.29 is 0 Å². The zero-order valence-corrected chi connectivity index (χ0v) is 15.7. The summed E-state index contributed by atoms with van der Waals surface area (Å²) in [6.07, 6.45) is 3.15. The van der Waals surface area contributed by atoms with Gasteiger partial charge in [0.2, 0.25) is 0 Å². The number of halogens is 1. The molecule has 0 saturated carbocycles. The number of aromatic amines is 1. The molecule has 0 spiro atoms. The monoisotopic (exact) mass is 362 g/mol. The molecule has 1 aliphatic heterocycles. The molecule has 1 fully saturated rings. The molecule has 128 valence electrons. The Balaban J connectivity index is 0.00000169. The third-order valence-corrected chi connectivity index (χ3v) is 5.63. The number of rotatable bonds is 3. The smallest absolute Gasteiger partial charge is 0.185 e. The fraction of sp³-hybridized carbons (Fsp3) is 0.389. The molecule has 0 unspecified atom stereocenters. The SMILES string of the molecule is CCc1cccc2c(-c3csc(N4CCN(C)CC4)n3)c[nH]c12.Cl. The molecule has 1 saturated heterocycles. The molecule has 1 aliphatic rings. The van der Waals surface area contributed by atoms with Gasteiger partial charge in [-0.1, -0.05) is 25.1 Å². The van der Waals surface area contributed by atoms with E-state index in [9.17, 15) is 0 Å². The fourth-order valence-corrected chi connectivity index (χ4v) is 4.13. The zero-order valence-electron chi connectivity index (χ0n) is 14.1. The van der Waals surface area contributed by atoms with E-state index in [0.29, 0.717) is 0 Å². The van der Waals surface area contributed by atoms with Gasteiger partial charge >= 0.3 is 0 Å². The molecule has 0 atom stereocenters. The second-order valence-corrected chi connectivity index (χ2v) is 7.04. The molecule has 1 aromatic carbocycles. The lowest BCUT2D eigenvalue weighted by atomic mass is 10.1. The maximum atomic E-state index is 4.91. The Morgan fingerprint density at radius 2 is 2.00 bits per heavy atom. The van der Waals surface area contributed by atoms with E-state index in [1.54, 1.807) is 11.3 Å². The number of piperazine rings is 1. The Labute approximate surface area is 152 Å². The Morgan fingerprint density at radius 1 is 1.21 bits per heavy atom. The van der Waals surface area contributed by atoms with Gasteiger partial charge in [0.25, 0.3) is 0 Å². The van der Waals surface area contributed by atoms with Crippen molar-refractivity contribution in [1.29, 1.82) is 0 Å². The van der Waals surface area contributed by atoms with Crippen molar-refractivity contribution in [1.82, 2.24) is 14.9 Å². The minimum Gasteiger partial charge on any atom is -0.360 e. The molecule has 24 heavy (non-hydrogen) atoms. The van der Waals surface area contributed by atoms with Gasteiger partial charge < -0.3 is 14.8 Å². The van der Waals surface area contributed by atoms with Crippen molar-refractivity contribution in [3.8, 4) is 11.3 Å². The molecule has 0 bridgehead atoms. The Hall–Kier alpha value is -1.56. The number of nitrogens with zero attached hydrogens (tertiary/aromatic N) is 3. The maximum Gasteiger partial charge on any atom is 0.185 e. The molecule has 4 rings (SSSR count). The van der Waals surface area contributed by atoms with Crippen LogP contribution in [0, 0.1) is 0 Å². The van der Waals surface area contributed by atoms with Crippen LogP contribution in [0.3, 0.4) is 0 Å². The predicted octanol–water partition coefficient (Wildman–Crippen LogP) is 4.03. The number of nitrogens with one attached hydrogen (secondary N) is 1. The summed E-state index contributed by atoms with van der Waals surface area (Å²) in [7, 11) is 2.18. The van der Waals surface area contributed by atoms with Crippen LogP contribution in [0.4, 0.5) is 5.13 Å². The highest BCUT2D eigenvalue weighted by Gasteiger charge is 2.18. The van der Waals surface area contributed by atoms with E-state index in [-0.39, 0.29) is 12.4 Å². The third kappa shape index (κ3) is 3.04. The van der Waals surface area contributed by atoms with E-state index in [2.05, 4.69) is 58.5 Å². The number of hydrogen-bond acceptors (Lipinski definition) is 4. The minimum atomic E-state index is 0. The van der Waals surface area contributed by atoms with Crippen molar-refractivity contribution >= 4 is 39.8 Å². The van der Waals surface area contributed by atoms with Gasteiger partial charge in [0.15, 0.2) is 5.13 Å². The molecule has 6 heteroatoms. The van der Waals surface area contributed by atoms with Gasteiger partial charge in [-0.15, -0.1) is 23.7 Å². The zero-order chi connectivity index (χ0) is 15.8. The Kier molecular flexibility index (Phi) is 5.13. The van der Waals surface area contributed by atoms with Gasteiger partial charge in [-0.2, -0.15) is 0 Å². The van der Waals surface area contributed by atoms with Crippen molar-refractivity contribution in [3.63, 3.8) is 0 Å². The summed E-state index contributed by atoms with van der Waals surface area (Å²) in [6.45, 7) is 6.56. The number of likely N-dealkylation sites (N-methyl/N-ethyl adjacent to an activating group) is 1. The van der Waals surface area contributed by atoms with Crippen LogP contribution >= 0.6 is 23.7 Å². The number of thiazole rings is 1. The molecule has 0 aliphatic carbocycles. The summed E-state index contributed by atoms with van der Waals surface area (Å²) in [6, 6.07) is 6.53. The Bertz CT molecular complexity index is 817. The van der Waals surface area contributed by atoms with Crippen LogP contribution in [0.2, 0.25) is 0 Å². The first kappa shape index (κ1) is 17.3. The number of hydrogen-bond donors (Lipinski definition) is 1. The number of para-hydroxylation sites is 1. The van der Waals surface area contributed by atoms with Crippen molar-refractivity contribution in [2.45, 2.75) is 13.3 Å². The minimum absolute atomic E-state index is 0. The molecule has 2 aromatic heterocycles. The van der Waals surface area contributed by atoms with Crippen LogP contribution < -0.4 is 4.90 Å². The molecular formula is C18H23ClN4S. The number of fused-ring (bicyclic) bond motifs is 1. The lowest BCUT2D eigenvalue weighted by molar-refractivity contribution is 0.313. The van der Waals surface area contributed by atoms with Gasteiger partial charge in [-0.05, 0) is 19.0 Å². The first-order valence-electron chi connectivity index (χ1n) is 8.24. The van der Waals surface area contributed by atoms with Crippen molar-refractivity contribution in [3.05, 3.63) is 35.3 Å². The van der Waals surface area contributed by atoms with Gasteiger partial charge in [0.05, 0.1) is 5.69 Å². The first-order valence-corrected chi connectivity index (χ1v) is 9.12. The van der Waals surface area contributed by atoms with Gasteiger partial charge in [-0.3, -0.25) is 0 Å². The van der Waals surface area contributed by atoms with Crippen LogP contribution in [0.25, 0.3) is 22.2 Å². The molecule has 3 aromatic rings. The van der Waals surface area contributed by atoms with E-state index in [0.717, 1.165) is 43.4 Å². The highest BCUT2D eigenvalue weighted by atomic mass is 35.5. The van der Waals surface area contributed by atoms with Crippen LogP contribution in [0.15, 0.2) is 29.8 Å². The second-order valence-electron chi connectivity index (χ2n) is 6.20. The molecule has 4 nitrogen and oxygen atoms in total. The maximum absolute atomic E-state index is 4.91. The quantitative estimate of drug-likeness (QED) is 0.764. The molecule has 0 amide bonds. The van der Waals surface area contributed by atoms with Gasteiger partial charge in [0.1, 0.15) is 0 Å². The summed E-state index contributed by atoms with van der Waals surface area (Å²) >= 11 is 1.76. The number of H-pyrrole nitrogens is 1. The highest BCUT2D eigenvalue weighted by Crippen LogP contribution is 2.33. The van der Waals surface area contributed by atoms with Crippen molar-refractivity contribution in [2.24, 2.45) is 0 Å². The lowest BCUT2D eigenvalue weighted by Crippen LogP contribution is -2.44. The summed E-state index contributed by atoms with van der Waals surface area (Å²) in [5, 5.41) is 4.61. The summed E-state index contributed by atoms with van der Waals surface area (Å²) in [4.78, 5) is 13.1. The molecular weight excluding hydrogens is 340 g/mol. The predicted molar refractivity (Wildman–Crippen MR) is 106 cm³/mol. The number of benzene rings is 1. The summed E-state index contributed by atoms with van der Waals surface area (Å²) in [5.74, 6) is 0. The van der Waals surface area contributed by atoms with E-state index >= 15 is 0 Å². The van der Waals surface area contributed by atoms with Crippen LogP contribution in [-0.2, 0) is 6.42 Å². The van der Waals surface area contributed by atoms with Crippen molar-refractivity contribution in [2.75, 3.05) is 38.1 Å². The van der Waals surface area contributed by atoms with Crippen LogP contribution in [0.5, 0.6) is 0 Å². The van der Waals surface area contributed by atoms with Gasteiger partial charge in [-0.25, -0.2) is 4.98 Å². The van der Waals surface area contributed by atoms with E-state index in [1.165, 1.54) is 22.0 Å². The van der Waals surface area contributed by atoms with Crippen LogP contribution in [-0.4, -0.2) is 48.1 Å². The molecule has 1 N–H and O–H groups in total. The van der Waals surface area contributed by atoms with E-state index < -0.39 is 0 Å². The standard InChI is InChI=1S/C18H22N4S.ClH/c1-3-13-5-4-6-14-15(11-19-17(13)14)16-12-23-18(20-16)22-9-7-21(2)8-10-22;/h4-6,11-12,19H,3,7-10H2,1-2H3;1H. The average molecular weight is 363 g/mol. The fourth-order valence-electron chi connectivity index (χ4n) is 3.25. The number of aromatic nitrogens is 2. The third-order valence-electron chi connectivity index (χ3n) is 4.72. The Morgan fingerprint density at radius 3 is 2.75 bits per heavy atom. The highest BCUT2D eigenvalue weighted by molar-refractivity contribution is 7.14. The van der Waals surface area contributed by atoms with E-state index in [1.807, 2.05) is 0 Å². The summed E-state index contributed by atoms with van der Waals surface area (Å²) < 4.78 is 0. The number of anilines is 1. The first-order chi connectivity index (χ1) is 11.3. The second kappa shape index (κ2) is 7.13. The normalized spacial score (nSPS) is 15.7.